The van der Waals surface area contributed by atoms with Gasteiger partial charge in [0.1, 0.15) is 0 Å². The van der Waals surface area contributed by atoms with Crippen LogP contribution in [-0.2, 0) is 6.42 Å². The van der Waals surface area contributed by atoms with Crippen LogP contribution in [0.3, 0.4) is 0 Å². The van der Waals surface area contributed by atoms with E-state index in [2.05, 4.69) is 122 Å². The molecule has 0 bridgehead atoms. The largest absolute Gasteiger partial charge is 0.190 e. The van der Waals surface area contributed by atoms with Crippen LogP contribution in [0.2, 0.25) is 0 Å². The molecular formula is C33H62S. The van der Waals surface area contributed by atoms with Gasteiger partial charge in [-0.2, -0.15) is 9.21 Å². The molecule has 0 amide bonds. The molecule has 34 heavy (non-hydrogen) atoms. The molecule has 1 rings (SSSR count). The maximum absolute atomic E-state index is 4.07. The summed E-state index contributed by atoms with van der Waals surface area (Å²) in [7, 11) is -1.03. The lowest BCUT2D eigenvalue weighted by Crippen LogP contribution is -2.05. The van der Waals surface area contributed by atoms with E-state index in [4.69, 9.17) is 0 Å². The molecule has 0 unspecified atom stereocenters. The smallest absolute Gasteiger partial charge is 0.00415 e. The minimum Gasteiger partial charge on any atom is -0.190 e. The van der Waals surface area contributed by atoms with Crippen LogP contribution in [0.15, 0.2) is 65.1 Å². The van der Waals surface area contributed by atoms with E-state index in [0.717, 1.165) is 12.3 Å². The molecule has 0 aliphatic carbocycles. The van der Waals surface area contributed by atoms with Crippen molar-refractivity contribution >= 4 is 20.9 Å². The molecule has 0 atom stereocenters. The first-order valence-electron chi connectivity index (χ1n) is 13.0. The first-order valence-corrected chi connectivity index (χ1v) is 15.4. The van der Waals surface area contributed by atoms with Gasteiger partial charge in [0.25, 0.3) is 0 Å². The lowest BCUT2D eigenvalue weighted by Gasteiger charge is -2.18. The van der Waals surface area contributed by atoms with Crippen LogP contribution in [0.25, 0.3) is 0 Å². The van der Waals surface area contributed by atoms with Crippen LogP contribution < -0.4 is 0 Å². The summed E-state index contributed by atoms with van der Waals surface area (Å²) in [6.07, 6.45) is 12.2. The third kappa shape index (κ3) is 30.5. The summed E-state index contributed by atoms with van der Waals surface area (Å²) in [6, 6.07) is 8.62. The lowest BCUT2D eigenvalue weighted by molar-refractivity contribution is 0.504. The molecule has 0 nitrogen and oxygen atoms in total. The summed E-state index contributed by atoms with van der Waals surface area (Å²) in [5.74, 6) is 9.03. The summed E-state index contributed by atoms with van der Waals surface area (Å²) < 4.78 is 0. The standard InChI is InChI=1S/C11H16S.C10H18.C6H14.C4H8.C2H6/c1-5-10-6-8-11(9-7-10)12(2,3)4;1-6-7-8-9(2)10(3,4)5;1-4-5-6(2)3;1-4(2)3;1-2/h6-9H,2-3,5H2,1,4H3;6-8H,1-5H3;6H,4-5H2,1-3H3;1H2,2-3H3;1-2H3/b;7-6-,9-8+;;;. The monoisotopic (exact) mass is 490 g/mol. The molecule has 0 heterocycles. The minimum atomic E-state index is -1.03. The van der Waals surface area contributed by atoms with E-state index in [1.165, 1.54) is 34.4 Å². The Bertz CT molecular complexity index is 742. The second-order valence-corrected chi connectivity index (χ2v) is 13.3. The third-order valence-corrected chi connectivity index (χ3v) is 5.90. The molecule has 0 radical (unpaired) electrons. The van der Waals surface area contributed by atoms with Gasteiger partial charge < -0.3 is 0 Å². The second-order valence-electron chi connectivity index (χ2n) is 10.3. The van der Waals surface area contributed by atoms with Crippen LogP contribution in [0.5, 0.6) is 0 Å². The Morgan fingerprint density at radius 1 is 0.971 bits per heavy atom. The molecule has 1 aromatic carbocycles. The van der Waals surface area contributed by atoms with Gasteiger partial charge in [-0.25, -0.2) is 0 Å². The number of benzene rings is 1. The summed E-state index contributed by atoms with van der Waals surface area (Å²) in [5, 5.41) is 0. The van der Waals surface area contributed by atoms with E-state index in [9.17, 15) is 0 Å². The molecule has 0 fully saturated rings. The van der Waals surface area contributed by atoms with E-state index >= 15 is 0 Å². The molecule has 1 heteroatoms. The average molecular weight is 491 g/mol. The molecule has 0 spiro atoms. The van der Waals surface area contributed by atoms with Gasteiger partial charge in [-0.1, -0.05) is 128 Å². The third-order valence-electron chi connectivity index (χ3n) is 4.49. The number of hydrogen-bond donors (Lipinski definition) is 0. The summed E-state index contributed by atoms with van der Waals surface area (Å²) in [6.45, 7) is 31.3. The number of rotatable bonds is 5. The highest BCUT2D eigenvalue weighted by atomic mass is 32.2. The molecule has 0 aliphatic heterocycles. The minimum absolute atomic E-state index is 0.319. The zero-order chi connectivity index (χ0) is 28.0. The van der Waals surface area contributed by atoms with Crippen molar-refractivity contribution in [3.8, 4) is 0 Å². The highest BCUT2D eigenvalue weighted by Crippen LogP contribution is 2.27. The zero-order valence-electron chi connectivity index (χ0n) is 25.8. The van der Waals surface area contributed by atoms with E-state index < -0.39 is 9.21 Å². The Kier molecular flexibility index (Phi) is 27.2. The van der Waals surface area contributed by atoms with E-state index in [0.29, 0.717) is 5.41 Å². The molecule has 0 aromatic heterocycles. The number of allylic oxidation sites excluding steroid dienone is 5. The topological polar surface area (TPSA) is 0 Å². The van der Waals surface area contributed by atoms with Crippen LogP contribution in [-0.4, -0.2) is 18.0 Å². The van der Waals surface area contributed by atoms with Gasteiger partial charge in [-0.3, -0.25) is 0 Å². The highest BCUT2D eigenvalue weighted by molar-refractivity contribution is 8.27. The Hall–Kier alpha value is -1.47. The van der Waals surface area contributed by atoms with Crippen LogP contribution >= 0.6 is 9.21 Å². The van der Waals surface area contributed by atoms with Crippen molar-refractivity contribution in [1.82, 2.24) is 0 Å². The van der Waals surface area contributed by atoms with Gasteiger partial charge in [0.2, 0.25) is 0 Å². The first kappa shape index (κ1) is 39.7. The fourth-order valence-corrected chi connectivity index (χ4v) is 2.91. The summed E-state index contributed by atoms with van der Waals surface area (Å²) >= 11 is 0. The Balaban J connectivity index is -0.000000185. The molecule has 0 N–H and O–H groups in total. The normalized spacial score (nSPS) is 11.1. The van der Waals surface area contributed by atoms with Gasteiger partial charge in [-0.05, 0) is 74.3 Å². The summed E-state index contributed by atoms with van der Waals surface area (Å²) in [4.78, 5) is 1.28. The van der Waals surface area contributed by atoms with Crippen molar-refractivity contribution in [3.63, 3.8) is 0 Å². The average Bonchev–Trinajstić information content (AvgIpc) is 2.72. The Morgan fingerprint density at radius 3 is 1.59 bits per heavy atom. The zero-order valence-corrected chi connectivity index (χ0v) is 26.6. The van der Waals surface area contributed by atoms with Crippen molar-refractivity contribution < 1.29 is 0 Å². The number of aryl methyl sites for hydroxylation is 1. The first-order chi connectivity index (χ1) is 15.5. The Morgan fingerprint density at radius 2 is 1.38 bits per heavy atom. The maximum Gasteiger partial charge on any atom is -0.00415 e. The predicted molar refractivity (Wildman–Crippen MR) is 171 cm³/mol. The SMILES string of the molecule is C/C=C\C=C(/C)C(C)(C)C.C=C(C)C.C=S(=C)(C)c1ccc(CC)cc1.CC.CCCC(C)C. The lowest BCUT2D eigenvalue weighted by atomic mass is 9.87. The van der Waals surface area contributed by atoms with E-state index in [-0.39, 0.29) is 0 Å². The van der Waals surface area contributed by atoms with Gasteiger partial charge in [-0.15, -0.1) is 6.58 Å². The predicted octanol–water partition coefficient (Wildman–Crippen LogP) is 11.5. The number of hydrogen-bond acceptors (Lipinski definition) is 0. The van der Waals surface area contributed by atoms with Crippen LogP contribution in [0, 0.1) is 11.3 Å². The summed E-state index contributed by atoms with van der Waals surface area (Å²) in [5.41, 5.74) is 4.28. The molecule has 0 saturated heterocycles. The van der Waals surface area contributed by atoms with E-state index in [1.807, 2.05) is 34.6 Å². The van der Waals surface area contributed by atoms with Gasteiger partial charge in [0.05, 0.1) is 0 Å². The maximum atomic E-state index is 4.07. The van der Waals surface area contributed by atoms with Crippen molar-refractivity contribution in [2.75, 3.05) is 6.26 Å². The molecular weight excluding hydrogens is 428 g/mol. The Labute approximate surface area is 218 Å². The van der Waals surface area contributed by atoms with Gasteiger partial charge in [0, 0.05) is 0 Å². The quantitative estimate of drug-likeness (QED) is 0.219. The molecule has 1 aromatic rings. The van der Waals surface area contributed by atoms with Crippen molar-refractivity contribution in [3.05, 3.63) is 65.8 Å². The van der Waals surface area contributed by atoms with Crippen LogP contribution in [0.4, 0.5) is 0 Å². The van der Waals surface area contributed by atoms with Gasteiger partial charge >= 0.3 is 0 Å². The molecule has 0 aliphatic rings. The van der Waals surface area contributed by atoms with Gasteiger partial charge in [0.15, 0.2) is 0 Å². The van der Waals surface area contributed by atoms with Crippen molar-refractivity contribution in [2.24, 2.45) is 11.3 Å². The molecule has 200 valence electrons. The fourth-order valence-electron chi connectivity index (χ4n) is 2.12. The van der Waals surface area contributed by atoms with Crippen molar-refractivity contribution in [1.29, 1.82) is 0 Å². The fraction of sp³-hybridized carbons (Fsp3) is 0.576. The molecule has 0 saturated carbocycles. The highest BCUT2D eigenvalue weighted by Gasteiger charge is 2.10. The second kappa shape index (κ2) is 23.3. The van der Waals surface area contributed by atoms with Crippen LogP contribution in [0.1, 0.15) is 108 Å². The van der Waals surface area contributed by atoms with Crippen molar-refractivity contribution in [2.45, 2.75) is 114 Å². The van der Waals surface area contributed by atoms with E-state index in [1.54, 1.807) is 0 Å².